The van der Waals surface area contributed by atoms with Gasteiger partial charge in [-0.3, -0.25) is 4.79 Å². The van der Waals surface area contributed by atoms with E-state index in [2.05, 4.69) is 0 Å². The van der Waals surface area contributed by atoms with Crippen molar-refractivity contribution in [1.82, 2.24) is 4.90 Å². The normalized spacial score (nSPS) is 27.0. The van der Waals surface area contributed by atoms with Crippen LogP contribution in [0.5, 0.6) is 0 Å². The zero-order valence-electron chi connectivity index (χ0n) is 22.6. The van der Waals surface area contributed by atoms with Gasteiger partial charge in [0.2, 0.25) is 0 Å². The van der Waals surface area contributed by atoms with E-state index in [4.69, 9.17) is 9.47 Å². The first-order valence-corrected chi connectivity index (χ1v) is 13.3. The highest BCUT2D eigenvalue weighted by molar-refractivity contribution is 5.74. The van der Waals surface area contributed by atoms with Crippen LogP contribution in [-0.2, 0) is 26.6 Å². The van der Waals surface area contributed by atoms with Gasteiger partial charge in [0, 0.05) is 19.0 Å². The number of rotatable bonds is 7. The van der Waals surface area contributed by atoms with Crippen molar-refractivity contribution in [3.63, 3.8) is 0 Å². The number of carboxylic acid groups (broad SMARTS) is 1. The van der Waals surface area contributed by atoms with Gasteiger partial charge in [-0.05, 0) is 87.0 Å². The van der Waals surface area contributed by atoms with Gasteiger partial charge in [0.25, 0.3) is 0 Å². The number of aliphatic carboxylic acids is 1. The van der Waals surface area contributed by atoms with E-state index in [1.165, 1.54) is 19.1 Å². The Labute approximate surface area is 233 Å². The van der Waals surface area contributed by atoms with Crippen LogP contribution in [0.3, 0.4) is 0 Å². The molecule has 0 unspecified atom stereocenters. The Balaban J connectivity index is 1.63. The van der Waals surface area contributed by atoms with E-state index in [0.29, 0.717) is 56.6 Å². The van der Waals surface area contributed by atoms with Crippen molar-refractivity contribution < 1.29 is 50.1 Å². The van der Waals surface area contributed by atoms with Crippen LogP contribution in [0.15, 0.2) is 42.5 Å². The van der Waals surface area contributed by atoms with Crippen LogP contribution >= 0.6 is 0 Å². The number of benzene rings is 2. The monoisotopic (exact) mass is 591 g/mol. The highest BCUT2D eigenvalue weighted by Gasteiger charge is 2.43. The molecule has 5 atom stereocenters. The summed E-state index contributed by atoms with van der Waals surface area (Å²) in [6, 6.07) is 6.94. The fourth-order valence-electron chi connectivity index (χ4n) is 5.78. The molecule has 0 aromatic heterocycles. The van der Waals surface area contributed by atoms with E-state index in [-0.39, 0.29) is 24.2 Å². The maximum absolute atomic E-state index is 13.8. The van der Waals surface area contributed by atoms with Crippen LogP contribution in [0.4, 0.5) is 30.7 Å². The first-order chi connectivity index (χ1) is 19.1. The smallest absolute Gasteiger partial charge is 0.416 e. The number of hydrogen-bond donors (Lipinski definition) is 1. The fourth-order valence-corrected chi connectivity index (χ4v) is 5.78. The molecule has 5 nitrogen and oxygen atoms in total. The fraction of sp³-hybridized carbons (Fsp3) is 0.552. The molecule has 2 aliphatic rings. The number of hydrogen-bond acceptors (Lipinski definition) is 4. The first-order valence-electron chi connectivity index (χ1n) is 13.3. The summed E-state index contributed by atoms with van der Waals surface area (Å²) in [5.74, 6) is -2.09. The molecule has 2 fully saturated rings. The van der Waals surface area contributed by atoms with E-state index in [9.17, 15) is 40.6 Å². The lowest BCUT2D eigenvalue weighted by Gasteiger charge is -2.44. The molecule has 2 aromatic carbocycles. The molecule has 0 amide bonds. The Morgan fingerprint density at radius 1 is 1.10 bits per heavy atom. The average Bonchev–Trinajstić information content (AvgIpc) is 2.88. The molecule has 1 N–H and O–H groups in total. The van der Waals surface area contributed by atoms with Crippen molar-refractivity contribution in [2.24, 2.45) is 11.3 Å². The molecule has 0 radical (unpaired) electrons. The zero-order valence-corrected chi connectivity index (χ0v) is 22.6. The molecule has 2 saturated heterocycles. The van der Waals surface area contributed by atoms with Crippen molar-refractivity contribution in [2.75, 3.05) is 26.2 Å². The maximum Gasteiger partial charge on any atom is 0.416 e. The largest absolute Gasteiger partial charge is 0.481 e. The molecule has 2 aliphatic heterocycles. The first kappa shape index (κ1) is 31.2. The van der Waals surface area contributed by atoms with Crippen LogP contribution < -0.4 is 0 Å². The SMILES string of the molecule is C[C@@H](O[C@H]1OCC[C@@H](CN2CCC[C@](C)(C(=O)O)C2)[C@H]1c1ccc(F)cc1)c1cc(C(F)(F)F)cc(C(F)(F)F)c1. The molecule has 0 aliphatic carbocycles. The van der Waals surface area contributed by atoms with E-state index < -0.39 is 59.0 Å². The minimum Gasteiger partial charge on any atom is -0.481 e. The number of alkyl halides is 6. The van der Waals surface area contributed by atoms with Crippen molar-refractivity contribution >= 4 is 5.97 Å². The second-order valence-electron chi connectivity index (χ2n) is 11.2. The van der Waals surface area contributed by atoms with Gasteiger partial charge in [0.05, 0.1) is 29.3 Å². The van der Waals surface area contributed by atoms with Crippen LogP contribution in [-0.4, -0.2) is 48.5 Å². The molecule has 41 heavy (non-hydrogen) atoms. The molecule has 2 heterocycles. The van der Waals surface area contributed by atoms with Gasteiger partial charge >= 0.3 is 18.3 Å². The summed E-state index contributed by atoms with van der Waals surface area (Å²) in [4.78, 5) is 13.9. The van der Waals surface area contributed by atoms with Crippen LogP contribution in [0.1, 0.15) is 67.4 Å². The lowest BCUT2D eigenvalue weighted by molar-refractivity contribution is -0.211. The zero-order chi connectivity index (χ0) is 30.2. The minimum absolute atomic E-state index is 0.0637. The number of carbonyl (C=O) groups is 1. The van der Waals surface area contributed by atoms with Crippen molar-refractivity contribution in [3.05, 3.63) is 70.5 Å². The summed E-state index contributed by atoms with van der Waals surface area (Å²) in [6.07, 6.45) is -10.5. The number of halogens is 7. The summed E-state index contributed by atoms with van der Waals surface area (Å²) in [6.45, 7) is 4.71. The van der Waals surface area contributed by atoms with Gasteiger partial charge in [-0.2, -0.15) is 26.3 Å². The van der Waals surface area contributed by atoms with Crippen molar-refractivity contribution in [3.8, 4) is 0 Å². The lowest BCUT2D eigenvalue weighted by Crippen LogP contribution is -2.49. The van der Waals surface area contributed by atoms with E-state index >= 15 is 0 Å². The Morgan fingerprint density at radius 2 is 1.71 bits per heavy atom. The second-order valence-corrected chi connectivity index (χ2v) is 11.2. The maximum atomic E-state index is 13.8. The molecule has 2 aromatic rings. The third kappa shape index (κ3) is 7.39. The van der Waals surface area contributed by atoms with E-state index in [1.807, 2.05) is 4.90 Å². The molecule has 12 heteroatoms. The predicted octanol–water partition coefficient (Wildman–Crippen LogP) is 7.27. The van der Waals surface area contributed by atoms with Gasteiger partial charge < -0.3 is 19.5 Å². The number of piperidine rings is 1. The highest BCUT2D eigenvalue weighted by Crippen LogP contribution is 2.42. The number of carboxylic acids is 1. The molecule has 0 spiro atoms. The highest BCUT2D eigenvalue weighted by atomic mass is 19.4. The van der Waals surface area contributed by atoms with Crippen molar-refractivity contribution in [2.45, 2.75) is 63.8 Å². The molecular formula is C29H32F7NO4. The Morgan fingerprint density at radius 3 is 2.27 bits per heavy atom. The third-order valence-corrected chi connectivity index (χ3v) is 8.03. The molecule has 0 bridgehead atoms. The van der Waals surface area contributed by atoms with Crippen LogP contribution in [0, 0.1) is 17.2 Å². The topological polar surface area (TPSA) is 59.0 Å². The Hall–Kier alpha value is -2.70. The molecule has 226 valence electrons. The Kier molecular flexibility index (Phi) is 9.06. The summed E-state index contributed by atoms with van der Waals surface area (Å²) < 4.78 is 106. The van der Waals surface area contributed by atoms with Gasteiger partial charge in [0.15, 0.2) is 6.29 Å². The van der Waals surface area contributed by atoms with E-state index in [0.717, 1.165) is 0 Å². The molecular weight excluding hydrogens is 559 g/mol. The standard InChI is InChI=1S/C29H32F7NO4/c1-17(20-12-21(28(31,32)33)14-22(13-20)29(34,35)36)41-25-24(18-4-6-23(30)7-5-18)19(8-11-40-25)15-37-10-3-9-27(2,16-37)26(38)39/h4-7,12-14,17,19,24-25H,3,8-11,15-16H2,1-2H3,(H,38,39)/t17-,19+,24-,25-,27+/m1/s1. The van der Waals surface area contributed by atoms with E-state index in [1.54, 1.807) is 19.1 Å². The number of ether oxygens (including phenoxy) is 2. The third-order valence-electron chi connectivity index (χ3n) is 8.03. The predicted molar refractivity (Wildman–Crippen MR) is 134 cm³/mol. The quantitative estimate of drug-likeness (QED) is 0.343. The lowest BCUT2D eigenvalue weighted by atomic mass is 9.78. The molecule has 0 saturated carbocycles. The number of likely N-dealkylation sites (tertiary alicyclic amines) is 1. The van der Waals surface area contributed by atoms with Crippen LogP contribution in [0.2, 0.25) is 0 Å². The summed E-state index contributed by atoms with van der Waals surface area (Å²) in [5, 5.41) is 9.72. The van der Waals surface area contributed by atoms with Gasteiger partial charge in [-0.15, -0.1) is 0 Å². The second kappa shape index (κ2) is 11.9. The van der Waals surface area contributed by atoms with Crippen molar-refractivity contribution in [1.29, 1.82) is 0 Å². The average molecular weight is 592 g/mol. The van der Waals surface area contributed by atoms with Crippen LogP contribution in [0.25, 0.3) is 0 Å². The van der Waals surface area contributed by atoms with Gasteiger partial charge in [-0.25, -0.2) is 4.39 Å². The minimum atomic E-state index is -5.00. The van der Waals surface area contributed by atoms with Gasteiger partial charge in [-0.1, -0.05) is 12.1 Å². The number of nitrogens with zero attached hydrogens (tertiary/aromatic N) is 1. The summed E-state index contributed by atoms with van der Waals surface area (Å²) in [5.41, 5.74) is -3.49. The van der Waals surface area contributed by atoms with Gasteiger partial charge in [0.1, 0.15) is 5.82 Å². The molecule has 4 rings (SSSR count). The summed E-state index contributed by atoms with van der Waals surface area (Å²) >= 11 is 0. The Bertz CT molecular complexity index is 1180. The summed E-state index contributed by atoms with van der Waals surface area (Å²) in [7, 11) is 0.